The summed E-state index contributed by atoms with van der Waals surface area (Å²) in [6.45, 7) is 7.42. The summed E-state index contributed by atoms with van der Waals surface area (Å²) in [5.74, 6) is -0.738. The fourth-order valence-corrected chi connectivity index (χ4v) is 1.69. The molecular formula is C18H22O4. The van der Waals surface area contributed by atoms with Crippen LogP contribution in [0.1, 0.15) is 42.3 Å². The van der Waals surface area contributed by atoms with Gasteiger partial charge in [-0.2, -0.15) is 0 Å². The van der Waals surface area contributed by atoms with Crippen LogP contribution in [0.5, 0.6) is 0 Å². The van der Waals surface area contributed by atoms with E-state index >= 15 is 0 Å². The summed E-state index contributed by atoms with van der Waals surface area (Å²) in [5.41, 5.74) is 1.92. The van der Waals surface area contributed by atoms with E-state index < -0.39 is 11.6 Å². The second kappa shape index (κ2) is 7.59. The van der Waals surface area contributed by atoms with E-state index in [1.54, 1.807) is 24.3 Å². The summed E-state index contributed by atoms with van der Waals surface area (Å²) in [7, 11) is 1.33. The molecule has 4 heteroatoms. The number of ether oxygens (including phenoxy) is 2. The fourth-order valence-electron chi connectivity index (χ4n) is 1.69. The van der Waals surface area contributed by atoms with Crippen LogP contribution in [0.15, 0.2) is 36.4 Å². The first kappa shape index (κ1) is 17.7. The predicted molar refractivity (Wildman–Crippen MR) is 86.5 cm³/mol. The minimum absolute atomic E-state index is 0.336. The summed E-state index contributed by atoms with van der Waals surface area (Å²) < 4.78 is 9.83. The predicted octanol–water partition coefficient (Wildman–Crippen LogP) is 3.69. The summed E-state index contributed by atoms with van der Waals surface area (Å²) in [6, 6.07) is 5.36. The summed E-state index contributed by atoms with van der Waals surface area (Å²) in [6.07, 6.45) is 6.54. The van der Waals surface area contributed by atoms with Gasteiger partial charge in [-0.05, 0) is 51.0 Å². The minimum atomic E-state index is -0.512. The van der Waals surface area contributed by atoms with Crippen LogP contribution in [-0.2, 0) is 14.3 Å². The molecule has 0 aromatic heterocycles. The average molecular weight is 302 g/mol. The molecule has 0 aliphatic rings. The molecule has 0 N–H and O–H groups in total. The molecular weight excluding hydrogens is 280 g/mol. The normalized spacial score (nSPS) is 11.9. The summed E-state index contributed by atoms with van der Waals surface area (Å²) in [4.78, 5) is 22.9. The maximum absolute atomic E-state index is 12.0. The van der Waals surface area contributed by atoms with Crippen LogP contribution < -0.4 is 0 Å². The molecule has 0 spiro atoms. The molecule has 0 saturated carbocycles. The van der Waals surface area contributed by atoms with Crippen molar-refractivity contribution in [1.82, 2.24) is 0 Å². The van der Waals surface area contributed by atoms with Gasteiger partial charge in [-0.3, -0.25) is 0 Å². The van der Waals surface area contributed by atoms with Crippen LogP contribution in [0, 0.1) is 6.92 Å². The van der Waals surface area contributed by atoms with Gasteiger partial charge in [0.1, 0.15) is 5.60 Å². The average Bonchev–Trinajstić information content (AvgIpc) is 2.42. The Balaban J connectivity index is 2.82. The Labute approximate surface area is 131 Å². The Bertz CT molecular complexity index is 604. The van der Waals surface area contributed by atoms with E-state index in [0.717, 1.165) is 11.1 Å². The molecule has 0 amide bonds. The number of hydrogen-bond donors (Lipinski definition) is 0. The van der Waals surface area contributed by atoms with Crippen LogP contribution in [-0.4, -0.2) is 24.6 Å². The number of rotatable bonds is 4. The molecule has 118 valence electrons. The molecule has 0 unspecified atom stereocenters. The van der Waals surface area contributed by atoms with Crippen LogP contribution in [0.4, 0.5) is 0 Å². The lowest BCUT2D eigenvalue weighted by atomic mass is 10.0. The van der Waals surface area contributed by atoms with Crippen molar-refractivity contribution in [1.29, 1.82) is 0 Å². The largest absolute Gasteiger partial charge is 0.466 e. The zero-order valence-corrected chi connectivity index (χ0v) is 13.7. The lowest BCUT2D eigenvalue weighted by Crippen LogP contribution is -2.23. The van der Waals surface area contributed by atoms with Gasteiger partial charge < -0.3 is 9.47 Å². The minimum Gasteiger partial charge on any atom is -0.466 e. The van der Waals surface area contributed by atoms with Crippen LogP contribution in [0.25, 0.3) is 6.08 Å². The second-order valence-corrected chi connectivity index (χ2v) is 5.81. The van der Waals surface area contributed by atoms with Crippen molar-refractivity contribution in [2.75, 3.05) is 7.11 Å². The Morgan fingerprint density at radius 2 is 1.82 bits per heavy atom. The Morgan fingerprint density at radius 1 is 1.14 bits per heavy atom. The van der Waals surface area contributed by atoms with Gasteiger partial charge in [0.2, 0.25) is 0 Å². The number of allylic oxidation sites excluding steroid dienone is 2. The Hall–Kier alpha value is -2.36. The first-order valence-electron chi connectivity index (χ1n) is 6.99. The second-order valence-electron chi connectivity index (χ2n) is 5.81. The number of methoxy groups -OCH3 is 1. The third kappa shape index (κ3) is 5.95. The van der Waals surface area contributed by atoms with Crippen molar-refractivity contribution in [3.05, 3.63) is 53.1 Å². The van der Waals surface area contributed by atoms with E-state index in [0.29, 0.717) is 5.56 Å². The van der Waals surface area contributed by atoms with Crippen molar-refractivity contribution >= 4 is 18.0 Å². The highest BCUT2D eigenvalue weighted by Crippen LogP contribution is 2.16. The Morgan fingerprint density at radius 3 is 2.36 bits per heavy atom. The molecule has 4 nitrogen and oxygen atoms in total. The van der Waals surface area contributed by atoms with Crippen LogP contribution in [0.2, 0.25) is 0 Å². The van der Waals surface area contributed by atoms with Crippen molar-refractivity contribution in [2.45, 2.75) is 33.3 Å². The summed E-state index contributed by atoms with van der Waals surface area (Å²) in [5, 5.41) is 0. The maximum atomic E-state index is 12.0. The maximum Gasteiger partial charge on any atom is 0.338 e. The van der Waals surface area contributed by atoms with Gasteiger partial charge >= 0.3 is 11.9 Å². The molecule has 0 saturated heterocycles. The van der Waals surface area contributed by atoms with E-state index in [1.165, 1.54) is 13.2 Å². The van der Waals surface area contributed by atoms with Gasteiger partial charge in [0, 0.05) is 6.08 Å². The van der Waals surface area contributed by atoms with Gasteiger partial charge in [-0.15, -0.1) is 0 Å². The van der Waals surface area contributed by atoms with Crippen molar-refractivity contribution in [2.24, 2.45) is 0 Å². The highest BCUT2D eigenvalue weighted by Gasteiger charge is 2.17. The number of aryl methyl sites for hydroxylation is 1. The topological polar surface area (TPSA) is 52.6 Å². The number of hydrogen-bond acceptors (Lipinski definition) is 4. The molecule has 22 heavy (non-hydrogen) atoms. The van der Waals surface area contributed by atoms with E-state index in [1.807, 2.05) is 39.8 Å². The highest BCUT2D eigenvalue weighted by atomic mass is 16.6. The van der Waals surface area contributed by atoms with E-state index in [4.69, 9.17) is 4.74 Å². The standard InChI is InChI=1S/C18H22O4/c1-13-12-15(17(20)22-18(2,3)4)11-10-14(13)8-6-7-9-16(19)21-5/h6-12H,1-5H3. The van der Waals surface area contributed by atoms with Gasteiger partial charge in [0.05, 0.1) is 12.7 Å². The quantitative estimate of drug-likeness (QED) is 0.483. The number of esters is 2. The first-order chi connectivity index (χ1) is 10.2. The Kier molecular flexibility index (Phi) is 6.11. The van der Waals surface area contributed by atoms with Gasteiger partial charge in [-0.1, -0.05) is 24.3 Å². The van der Waals surface area contributed by atoms with E-state index in [2.05, 4.69) is 4.74 Å². The molecule has 1 aromatic rings. The fraction of sp³-hybridized carbons (Fsp3) is 0.333. The molecule has 1 rings (SSSR count). The monoisotopic (exact) mass is 302 g/mol. The molecule has 0 radical (unpaired) electrons. The van der Waals surface area contributed by atoms with Crippen molar-refractivity contribution < 1.29 is 19.1 Å². The summed E-state index contributed by atoms with van der Waals surface area (Å²) >= 11 is 0. The molecule has 0 aliphatic heterocycles. The van der Waals surface area contributed by atoms with Crippen LogP contribution >= 0.6 is 0 Å². The molecule has 0 fully saturated rings. The molecule has 1 aromatic carbocycles. The third-order valence-electron chi connectivity index (χ3n) is 2.72. The molecule has 0 aliphatic carbocycles. The van der Waals surface area contributed by atoms with Crippen molar-refractivity contribution in [3.8, 4) is 0 Å². The number of benzene rings is 1. The lowest BCUT2D eigenvalue weighted by Gasteiger charge is -2.19. The molecule has 0 heterocycles. The van der Waals surface area contributed by atoms with Gasteiger partial charge in [-0.25, -0.2) is 9.59 Å². The SMILES string of the molecule is COC(=O)C=CC=Cc1ccc(C(=O)OC(C)(C)C)cc1C. The lowest BCUT2D eigenvalue weighted by molar-refractivity contribution is -0.134. The highest BCUT2D eigenvalue weighted by molar-refractivity contribution is 5.90. The van der Waals surface area contributed by atoms with Crippen molar-refractivity contribution in [3.63, 3.8) is 0 Å². The first-order valence-corrected chi connectivity index (χ1v) is 6.99. The molecule has 0 bridgehead atoms. The van der Waals surface area contributed by atoms with E-state index in [-0.39, 0.29) is 5.97 Å². The number of carbonyl (C=O) groups is 2. The zero-order chi connectivity index (χ0) is 16.8. The number of carbonyl (C=O) groups excluding carboxylic acids is 2. The molecule has 0 atom stereocenters. The third-order valence-corrected chi connectivity index (χ3v) is 2.72. The van der Waals surface area contributed by atoms with Crippen LogP contribution in [0.3, 0.4) is 0 Å². The van der Waals surface area contributed by atoms with E-state index in [9.17, 15) is 9.59 Å². The smallest absolute Gasteiger partial charge is 0.338 e. The zero-order valence-electron chi connectivity index (χ0n) is 13.7. The van der Waals surface area contributed by atoms with Gasteiger partial charge in [0.15, 0.2) is 0 Å². The van der Waals surface area contributed by atoms with Gasteiger partial charge in [0.25, 0.3) is 0 Å².